The molecule has 8 heteroatoms. The Balaban J connectivity index is 1.53. The predicted octanol–water partition coefficient (Wildman–Crippen LogP) is 3.09. The highest BCUT2D eigenvalue weighted by atomic mass is 32.1. The lowest BCUT2D eigenvalue weighted by molar-refractivity contribution is -0.146. The van der Waals surface area contributed by atoms with Crippen molar-refractivity contribution in [3.05, 3.63) is 40.6 Å². The highest BCUT2D eigenvalue weighted by Crippen LogP contribution is 2.29. The van der Waals surface area contributed by atoms with Crippen LogP contribution in [0.1, 0.15) is 5.56 Å². The van der Waals surface area contributed by atoms with Gasteiger partial charge in [0.1, 0.15) is 5.75 Å². The van der Waals surface area contributed by atoms with Crippen LogP contribution >= 0.6 is 22.7 Å². The Kier molecular flexibility index (Phi) is 5.07. The maximum absolute atomic E-state index is 11.9. The minimum absolute atomic E-state index is 0.164. The Morgan fingerprint density at radius 2 is 2.17 bits per heavy atom. The molecule has 0 saturated carbocycles. The quantitative estimate of drug-likeness (QED) is 0.682. The maximum atomic E-state index is 11.9. The summed E-state index contributed by atoms with van der Waals surface area (Å²) < 4.78 is 11.0. The fraction of sp³-hybridized carbons (Fsp3) is 0.188. The number of esters is 1. The molecule has 0 aliphatic rings. The van der Waals surface area contributed by atoms with Crippen LogP contribution in [0.15, 0.2) is 35.0 Å². The predicted molar refractivity (Wildman–Crippen MR) is 93.8 cm³/mol. The molecule has 6 nitrogen and oxygen atoms in total. The number of ether oxygens (including phenoxy) is 2. The van der Waals surface area contributed by atoms with Crippen LogP contribution in [0.2, 0.25) is 0 Å². The van der Waals surface area contributed by atoms with Crippen molar-refractivity contribution in [1.29, 1.82) is 0 Å². The van der Waals surface area contributed by atoms with E-state index in [2.05, 4.69) is 10.3 Å². The third kappa shape index (κ3) is 4.09. The average Bonchev–Trinajstić information content (AvgIpc) is 3.21. The van der Waals surface area contributed by atoms with E-state index in [0.29, 0.717) is 5.13 Å². The van der Waals surface area contributed by atoms with Gasteiger partial charge in [-0.2, -0.15) is 11.3 Å². The van der Waals surface area contributed by atoms with Crippen molar-refractivity contribution in [2.24, 2.45) is 0 Å². The summed E-state index contributed by atoms with van der Waals surface area (Å²) in [4.78, 5) is 27.8. The molecule has 0 bridgehead atoms. The molecule has 0 fully saturated rings. The standard InChI is InChI=1S/C16H14N2O4S2/c1-21-11-2-3-12-13(7-11)24-16(17-12)18-14(19)8-22-15(20)6-10-4-5-23-9-10/h2-5,7,9H,6,8H2,1H3,(H,17,18,19). The number of aromatic nitrogens is 1. The van der Waals surface area contributed by atoms with Gasteiger partial charge in [-0.15, -0.1) is 0 Å². The van der Waals surface area contributed by atoms with Crippen LogP contribution in [0.3, 0.4) is 0 Å². The number of amides is 1. The van der Waals surface area contributed by atoms with E-state index in [9.17, 15) is 9.59 Å². The summed E-state index contributed by atoms with van der Waals surface area (Å²) in [5.74, 6) is -0.122. The van der Waals surface area contributed by atoms with Crippen molar-refractivity contribution in [2.75, 3.05) is 19.0 Å². The van der Waals surface area contributed by atoms with E-state index in [-0.39, 0.29) is 13.0 Å². The van der Waals surface area contributed by atoms with E-state index >= 15 is 0 Å². The summed E-state index contributed by atoms with van der Waals surface area (Å²) in [7, 11) is 1.59. The van der Waals surface area contributed by atoms with Gasteiger partial charge in [0.25, 0.3) is 5.91 Å². The molecule has 0 unspecified atom stereocenters. The fourth-order valence-corrected chi connectivity index (χ4v) is 3.58. The number of hydrogen-bond acceptors (Lipinski definition) is 7. The zero-order chi connectivity index (χ0) is 16.9. The first-order chi connectivity index (χ1) is 11.6. The van der Waals surface area contributed by atoms with Crippen molar-refractivity contribution in [3.8, 4) is 5.75 Å². The van der Waals surface area contributed by atoms with Crippen molar-refractivity contribution in [3.63, 3.8) is 0 Å². The van der Waals surface area contributed by atoms with Crippen LogP contribution in [-0.2, 0) is 20.7 Å². The number of benzene rings is 1. The molecule has 0 atom stereocenters. The number of carbonyl (C=O) groups is 2. The molecule has 0 radical (unpaired) electrons. The monoisotopic (exact) mass is 362 g/mol. The van der Waals surface area contributed by atoms with E-state index in [4.69, 9.17) is 9.47 Å². The number of carbonyl (C=O) groups excluding carboxylic acids is 2. The number of fused-ring (bicyclic) bond motifs is 1. The van der Waals surface area contributed by atoms with Gasteiger partial charge in [-0.1, -0.05) is 11.3 Å². The van der Waals surface area contributed by atoms with Crippen LogP contribution in [-0.4, -0.2) is 30.6 Å². The molecule has 1 amide bonds. The summed E-state index contributed by atoms with van der Waals surface area (Å²) in [5, 5.41) is 6.85. The molecule has 0 spiro atoms. The second-order valence-corrected chi connectivity index (χ2v) is 6.68. The van der Waals surface area contributed by atoms with Gasteiger partial charge in [0.05, 0.1) is 23.7 Å². The molecule has 2 heterocycles. The maximum Gasteiger partial charge on any atom is 0.310 e. The number of nitrogens with zero attached hydrogens (tertiary/aromatic N) is 1. The van der Waals surface area contributed by atoms with Crippen molar-refractivity contribution >= 4 is 49.9 Å². The molecule has 1 N–H and O–H groups in total. The second-order valence-electron chi connectivity index (χ2n) is 4.87. The molecular formula is C16H14N2O4S2. The lowest BCUT2D eigenvalue weighted by atomic mass is 10.2. The fourth-order valence-electron chi connectivity index (χ4n) is 2.00. The Labute approximate surface area is 146 Å². The van der Waals surface area contributed by atoms with Crippen LogP contribution in [0, 0.1) is 0 Å². The van der Waals surface area contributed by atoms with Gasteiger partial charge in [0.2, 0.25) is 0 Å². The Hall–Kier alpha value is -2.45. The van der Waals surface area contributed by atoms with Crippen molar-refractivity contribution in [1.82, 2.24) is 4.98 Å². The van der Waals surface area contributed by atoms with Gasteiger partial charge in [-0.25, -0.2) is 4.98 Å². The van der Waals surface area contributed by atoms with Gasteiger partial charge in [-0.3, -0.25) is 14.9 Å². The summed E-state index contributed by atoms with van der Waals surface area (Å²) >= 11 is 2.84. The molecule has 0 saturated heterocycles. The topological polar surface area (TPSA) is 77.5 Å². The van der Waals surface area contributed by atoms with Gasteiger partial charge in [0, 0.05) is 0 Å². The summed E-state index contributed by atoms with van der Waals surface area (Å²) in [6, 6.07) is 7.33. The molecule has 0 aliphatic heterocycles. The van der Waals surface area contributed by atoms with Crippen LogP contribution in [0.25, 0.3) is 10.2 Å². The number of methoxy groups -OCH3 is 1. The highest BCUT2D eigenvalue weighted by Gasteiger charge is 2.12. The largest absolute Gasteiger partial charge is 0.497 e. The zero-order valence-corrected chi connectivity index (χ0v) is 14.4. The number of anilines is 1. The molecule has 2 aromatic heterocycles. The van der Waals surface area contributed by atoms with Gasteiger partial charge in [0.15, 0.2) is 11.7 Å². The number of thiophene rings is 1. The number of hydrogen-bond donors (Lipinski definition) is 1. The molecule has 3 aromatic rings. The number of nitrogens with one attached hydrogen (secondary N) is 1. The lowest BCUT2D eigenvalue weighted by Gasteiger charge is -2.03. The Morgan fingerprint density at radius 1 is 1.29 bits per heavy atom. The molecular weight excluding hydrogens is 348 g/mol. The smallest absolute Gasteiger partial charge is 0.310 e. The SMILES string of the molecule is COc1ccc2nc(NC(=O)COC(=O)Cc3ccsc3)sc2c1. The summed E-state index contributed by atoms with van der Waals surface area (Å²) in [6.07, 6.45) is 0.164. The van der Waals surface area contributed by atoms with Crippen LogP contribution < -0.4 is 10.1 Å². The van der Waals surface area contributed by atoms with Crippen LogP contribution in [0.5, 0.6) is 5.75 Å². The molecule has 24 heavy (non-hydrogen) atoms. The minimum Gasteiger partial charge on any atom is -0.497 e. The second kappa shape index (κ2) is 7.41. The van der Waals surface area contributed by atoms with Crippen molar-refractivity contribution in [2.45, 2.75) is 6.42 Å². The highest BCUT2D eigenvalue weighted by molar-refractivity contribution is 7.22. The summed E-state index contributed by atoms with van der Waals surface area (Å²) in [6.45, 7) is -0.331. The zero-order valence-electron chi connectivity index (χ0n) is 12.8. The molecule has 0 aliphatic carbocycles. The van der Waals surface area contributed by atoms with Crippen molar-refractivity contribution < 1.29 is 19.1 Å². The van der Waals surface area contributed by atoms with E-state index in [1.54, 1.807) is 13.2 Å². The lowest BCUT2D eigenvalue weighted by Crippen LogP contribution is -2.21. The number of rotatable bonds is 6. The first kappa shape index (κ1) is 16.4. The third-order valence-electron chi connectivity index (χ3n) is 3.13. The van der Waals surface area contributed by atoms with Gasteiger partial charge in [-0.05, 0) is 40.6 Å². The third-order valence-corrected chi connectivity index (χ3v) is 4.80. The van der Waals surface area contributed by atoms with E-state index < -0.39 is 11.9 Å². The first-order valence-electron chi connectivity index (χ1n) is 7.05. The summed E-state index contributed by atoms with van der Waals surface area (Å²) in [5.41, 5.74) is 1.65. The first-order valence-corrected chi connectivity index (χ1v) is 8.81. The van der Waals surface area contributed by atoms with Gasteiger partial charge < -0.3 is 9.47 Å². The Bertz CT molecular complexity index is 858. The van der Waals surface area contributed by atoms with Crippen LogP contribution in [0.4, 0.5) is 5.13 Å². The van der Waals surface area contributed by atoms with Gasteiger partial charge >= 0.3 is 5.97 Å². The number of thiazole rings is 1. The van der Waals surface area contributed by atoms with E-state index in [0.717, 1.165) is 21.5 Å². The normalized spacial score (nSPS) is 10.5. The van der Waals surface area contributed by atoms with E-state index in [1.165, 1.54) is 22.7 Å². The molecule has 124 valence electrons. The van der Waals surface area contributed by atoms with E-state index in [1.807, 2.05) is 29.0 Å². The molecule has 1 aromatic carbocycles. The average molecular weight is 362 g/mol. The Morgan fingerprint density at radius 3 is 2.92 bits per heavy atom. The molecule has 3 rings (SSSR count). The minimum atomic E-state index is -0.433.